The van der Waals surface area contributed by atoms with E-state index >= 15 is 0 Å². The van der Waals surface area contributed by atoms with Crippen molar-refractivity contribution in [3.63, 3.8) is 0 Å². The van der Waals surface area contributed by atoms with E-state index in [1.807, 2.05) is 13.0 Å². The van der Waals surface area contributed by atoms with Crippen LogP contribution >= 0.6 is 11.6 Å². The number of carbonyl (C=O) groups excluding carboxylic acids is 1. The van der Waals surface area contributed by atoms with Crippen molar-refractivity contribution in [2.24, 2.45) is 0 Å². The lowest BCUT2D eigenvalue weighted by Gasteiger charge is -2.18. The van der Waals surface area contributed by atoms with Gasteiger partial charge in [-0.25, -0.2) is 0 Å². The first-order chi connectivity index (χ1) is 9.58. The van der Waals surface area contributed by atoms with Crippen LogP contribution in [-0.4, -0.2) is 25.6 Å². The number of nitrogens with one attached hydrogen (secondary N) is 2. The minimum atomic E-state index is -0.123. The highest BCUT2D eigenvalue weighted by Gasteiger charge is 2.13. The number of likely N-dealkylation sites (N-methyl/N-ethyl adjacent to an activating group) is 1. The average molecular weight is 299 g/mol. The smallest absolute Gasteiger partial charge is 0.257 e. The first kappa shape index (κ1) is 16.8. The maximum atomic E-state index is 11.5. The van der Waals surface area contributed by atoms with Gasteiger partial charge >= 0.3 is 0 Å². The molecule has 0 aliphatic rings. The summed E-state index contributed by atoms with van der Waals surface area (Å²) in [6.07, 6.45) is 1.06. The predicted octanol–water partition coefficient (Wildman–Crippen LogP) is 2.92. The van der Waals surface area contributed by atoms with Crippen LogP contribution in [0.3, 0.4) is 0 Å². The van der Waals surface area contributed by atoms with E-state index < -0.39 is 0 Å². The number of carbonyl (C=O) groups is 1. The monoisotopic (exact) mass is 298 g/mol. The molecular weight excluding hydrogens is 276 g/mol. The Hall–Kier alpha value is -1.26. The molecule has 0 bridgehead atoms. The maximum absolute atomic E-state index is 11.5. The van der Waals surface area contributed by atoms with Gasteiger partial charge in [0, 0.05) is 23.2 Å². The minimum absolute atomic E-state index is 0.0168. The van der Waals surface area contributed by atoms with E-state index in [2.05, 4.69) is 24.5 Å². The molecule has 4 nitrogen and oxygen atoms in total. The van der Waals surface area contributed by atoms with Gasteiger partial charge in [-0.1, -0.05) is 18.5 Å². The molecule has 1 aromatic carbocycles. The van der Waals surface area contributed by atoms with Crippen molar-refractivity contribution in [3.8, 4) is 5.75 Å². The number of amides is 1. The molecule has 1 aromatic rings. The molecule has 1 rings (SSSR count). The Morgan fingerprint density at radius 1 is 1.40 bits per heavy atom. The van der Waals surface area contributed by atoms with Crippen LogP contribution in [-0.2, 0) is 4.79 Å². The molecule has 0 spiro atoms. The Balaban J connectivity index is 2.76. The van der Waals surface area contributed by atoms with Crippen molar-refractivity contribution in [3.05, 3.63) is 28.8 Å². The molecule has 1 unspecified atom stereocenters. The molecule has 0 saturated carbocycles. The summed E-state index contributed by atoms with van der Waals surface area (Å²) in [5, 5.41) is 6.76. The van der Waals surface area contributed by atoms with Crippen molar-refractivity contribution < 1.29 is 9.53 Å². The Labute approximate surface area is 125 Å². The number of rotatable bonds is 8. The van der Waals surface area contributed by atoms with Gasteiger partial charge in [-0.05, 0) is 45.0 Å². The fourth-order valence-electron chi connectivity index (χ4n) is 1.85. The van der Waals surface area contributed by atoms with Crippen LogP contribution in [0.25, 0.3) is 0 Å². The van der Waals surface area contributed by atoms with Crippen molar-refractivity contribution in [1.29, 1.82) is 0 Å². The normalized spacial score (nSPS) is 12.0. The first-order valence-corrected chi connectivity index (χ1v) is 7.38. The molecular formula is C15H23ClN2O2. The highest BCUT2D eigenvalue weighted by Crippen LogP contribution is 2.28. The summed E-state index contributed by atoms with van der Waals surface area (Å²) in [5.41, 5.74) is 0.968. The SMILES string of the molecule is CCCNC(C)c1cc(Cl)ccc1OCC(=O)NCC. The van der Waals surface area contributed by atoms with E-state index in [0.717, 1.165) is 18.5 Å². The molecule has 0 saturated heterocycles. The van der Waals surface area contributed by atoms with Crippen LogP contribution in [0, 0.1) is 0 Å². The Bertz CT molecular complexity index is 438. The molecule has 0 aliphatic heterocycles. The molecule has 2 N–H and O–H groups in total. The van der Waals surface area contributed by atoms with Gasteiger partial charge < -0.3 is 15.4 Å². The second-order valence-electron chi connectivity index (χ2n) is 4.60. The highest BCUT2D eigenvalue weighted by molar-refractivity contribution is 6.30. The summed E-state index contributed by atoms with van der Waals surface area (Å²) < 4.78 is 5.60. The summed E-state index contributed by atoms with van der Waals surface area (Å²) >= 11 is 6.04. The zero-order valence-corrected chi connectivity index (χ0v) is 13.1. The van der Waals surface area contributed by atoms with Gasteiger partial charge in [0.25, 0.3) is 5.91 Å². The molecule has 0 radical (unpaired) electrons. The topological polar surface area (TPSA) is 50.4 Å². The van der Waals surface area contributed by atoms with Gasteiger partial charge in [-0.15, -0.1) is 0 Å². The van der Waals surface area contributed by atoms with Crippen molar-refractivity contribution in [2.75, 3.05) is 19.7 Å². The van der Waals surface area contributed by atoms with Gasteiger partial charge in [-0.2, -0.15) is 0 Å². The third-order valence-electron chi connectivity index (χ3n) is 2.87. The molecule has 0 fully saturated rings. The first-order valence-electron chi connectivity index (χ1n) is 7.00. The van der Waals surface area contributed by atoms with E-state index in [1.54, 1.807) is 12.1 Å². The van der Waals surface area contributed by atoms with E-state index in [1.165, 1.54) is 0 Å². The summed E-state index contributed by atoms with van der Waals surface area (Å²) in [4.78, 5) is 11.5. The van der Waals surface area contributed by atoms with E-state index in [9.17, 15) is 4.79 Å². The van der Waals surface area contributed by atoms with Crippen LogP contribution in [0.5, 0.6) is 5.75 Å². The molecule has 1 atom stereocenters. The number of halogens is 1. The summed E-state index contributed by atoms with van der Waals surface area (Å²) in [6.45, 7) is 7.59. The molecule has 5 heteroatoms. The third-order valence-corrected chi connectivity index (χ3v) is 3.11. The summed E-state index contributed by atoms with van der Waals surface area (Å²) in [7, 11) is 0. The van der Waals surface area contributed by atoms with Crippen LogP contribution in [0.2, 0.25) is 5.02 Å². The highest BCUT2D eigenvalue weighted by atomic mass is 35.5. The zero-order valence-electron chi connectivity index (χ0n) is 12.3. The van der Waals surface area contributed by atoms with Crippen LogP contribution in [0.4, 0.5) is 0 Å². The predicted molar refractivity (Wildman–Crippen MR) is 82.3 cm³/mol. The maximum Gasteiger partial charge on any atom is 0.257 e. The van der Waals surface area contributed by atoms with Crippen LogP contribution in [0.15, 0.2) is 18.2 Å². The number of benzene rings is 1. The van der Waals surface area contributed by atoms with Crippen molar-refractivity contribution in [1.82, 2.24) is 10.6 Å². The number of ether oxygens (including phenoxy) is 1. The Morgan fingerprint density at radius 2 is 2.15 bits per heavy atom. The van der Waals surface area contributed by atoms with E-state index in [0.29, 0.717) is 17.3 Å². The molecule has 0 aliphatic carbocycles. The largest absolute Gasteiger partial charge is 0.483 e. The molecule has 112 valence electrons. The van der Waals surface area contributed by atoms with Crippen LogP contribution < -0.4 is 15.4 Å². The van der Waals surface area contributed by atoms with E-state index in [4.69, 9.17) is 16.3 Å². The second-order valence-corrected chi connectivity index (χ2v) is 5.04. The van der Waals surface area contributed by atoms with Crippen molar-refractivity contribution in [2.45, 2.75) is 33.2 Å². The Kier molecular flexibility index (Phi) is 7.41. The average Bonchev–Trinajstić information content (AvgIpc) is 2.43. The molecule has 1 amide bonds. The Morgan fingerprint density at radius 3 is 2.80 bits per heavy atom. The minimum Gasteiger partial charge on any atom is -0.483 e. The van der Waals surface area contributed by atoms with Gasteiger partial charge in [0.15, 0.2) is 6.61 Å². The molecule has 0 heterocycles. The second kappa shape index (κ2) is 8.82. The number of hydrogen-bond acceptors (Lipinski definition) is 3. The zero-order chi connectivity index (χ0) is 15.0. The lowest BCUT2D eigenvalue weighted by molar-refractivity contribution is -0.123. The fraction of sp³-hybridized carbons (Fsp3) is 0.533. The lowest BCUT2D eigenvalue weighted by Crippen LogP contribution is -2.29. The van der Waals surface area contributed by atoms with Crippen molar-refractivity contribution >= 4 is 17.5 Å². The lowest BCUT2D eigenvalue weighted by atomic mass is 10.1. The summed E-state index contributed by atoms with van der Waals surface area (Å²) in [5.74, 6) is 0.569. The van der Waals surface area contributed by atoms with Gasteiger partial charge in [-0.3, -0.25) is 4.79 Å². The van der Waals surface area contributed by atoms with Gasteiger partial charge in [0.1, 0.15) is 5.75 Å². The third kappa shape index (κ3) is 5.39. The van der Waals surface area contributed by atoms with Crippen LogP contribution in [0.1, 0.15) is 38.8 Å². The molecule has 20 heavy (non-hydrogen) atoms. The fourth-order valence-corrected chi connectivity index (χ4v) is 2.03. The number of hydrogen-bond donors (Lipinski definition) is 2. The molecule has 0 aromatic heterocycles. The summed E-state index contributed by atoms with van der Waals surface area (Å²) in [6, 6.07) is 5.58. The van der Waals surface area contributed by atoms with E-state index in [-0.39, 0.29) is 18.6 Å². The van der Waals surface area contributed by atoms with Gasteiger partial charge in [0.2, 0.25) is 0 Å². The quantitative estimate of drug-likeness (QED) is 0.776. The standard InChI is InChI=1S/C15H23ClN2O2/c1-4-8-18-11(3)13-9-12(16)6-7-14(13)20-10-15(19)17-5-2/h6-7,9,11,18H,4-5,8,10H2,1-3H3,(H,17,19). The van der Waals surface area contributed by atoms with Gasteiger partial charge in [0.05, 0.1) is 0 Å².